The SMILES string of the molecule is CCOC(=O)C(N)CO.c1ccccc1. The van der Waals surface area contributed by atoms with Gasteiger partial charge in [-0.2, -0.15) is 0 Å². The lowest BCUT2D eigenvalue weighted by molar-refractivity contribution is -0.145. The number of hydrogen-bond donors (Lipinski definition) is 2. The van der Waals surface area contributed by atoms with Crippen molar-refractivity contribution in [3.63, 3.8) is 0 Å². The molecule has 0 aliphatic heterocycles. The second-order valence-corrected chi connectivity index (χ2v) is 2.70. The van der Waals surface area contributed by atoms with Crippen molar-refractivity contribution in [3.8, 4) is 0 Å². The van der Waals surface area contributed by atoms with Crippen LogP contribution in [0.4, 0.5) is 0 Å². The first-order valence-electron chi connectivity index (χ1n) is 4.75. The van der Waals surface area contributed by atoms with Crippen LogP contribution in [0.1, 0.15) is 6.92 Å². The molecule has 3 N–H and O–H groups in total. The number of carbonyl (C=O) groups is 1. The quantitative estimate of drug-likeness (QED) is 0.716. The summed E-state index contributed by atoms with van der Waals surface area (Å²) in [5.74, 6) is -0.556. The maximum Gasteiger partial charge on any atom is 0.325 e. The Morgan fingerprint density at radius 3 is 1.93 bits per heavy atom. The van der Waals surface area contributed by atoms with Gasteiger partial charge in [0, 0.05) is 0 Å². The zero-order valence-electron chi connectivity index (χ0n) is 8.80. The predicted octanol–water partition coefficient (Wildman–Crippen LogP) is 0.556. The number of esters is 1. The standard InChI is InChI=1S/C6H6.C5H11NO3/c1-2-4-6-5-3-1;1-2-9-5(8)4(6)3-7/h1-6H;4,7H,2-3,6H2,1H3. The van der Waals surface area contributed by atoms with E-state index in [1.165, 1.54) is 0 Å². The van der Waals surface area contributed by atoms with Crippen molar-refractivity contribution in [3.05, 3.63) is 36.4 Å². The minimum atomic E-state index is -0.884. The molecule has 4 heteroatoms. The molecule has 15 heavy (non-hydrogen) atoms. The van der Waals surface area contributed by atoms with E-state index in [9.17, 15) is 4.79 Å². The number of aliphatic hydroxyl groups excluding tert-OH is 1. The van der Waals surface area contributed by atoms with E-state index in [0.717, 1.165) is 0 Å². The van der Waals surface area contributed by atoms with Gasteiger partial charge in [0.25, 0.3) is 0 Å². The second kappa shape index (κ2) is 9.18. The Hall–Kier alpha value is -1.39. The van der Waals surface area contributed by atoms with E-state index in [2.05, 4.69) is 4.74 Å². The number of carbonyl (C=O) groups excluding carboxylic acids is 1. The molecule has 1 atom stereocenters. The summed E-state index contributed by atoms with van der Waals surface area (Å²) >= 11 is 0. The molecular formula is C11H17NO3. The number of benzene rings is 1. The van der Waals surface area contributed by atoms with Crippen LogP contribution in [0.25, 0.3) is 0 Å². The maximum absolute atomic E-state index is 10.5. The summed E-state index contributed by atoms with van der Waals surface area (Å²) in [5.41, 5.74) is 5.08. The second-order valence-electron chi connectivity index (χ2n) is 2.70. The van der Waals surface area contributed by atoms with Crippen LogP contribution in [0.5, 0.6) is 0 Å². The molecule has 1 aromatic carbocycles. The zero-order chi connectivity index (χ0) is 11.5. The van der Waals surface area contributed by atoms with E-state index < -0.39 is 12.0 Å². The van der Waals surface area contributed by atoms with Crippen molar-refractivity contribution in [2.24, 2.45) is 5.73 Å². The van der Waals surface area contributed by atoms with Crippen LogP contribution in [0.2, 0.25) is 0 Å². The summed E-state index contributed by atoms with van der Waals surface area (Å²) in [7, 11) is 0. The predicted molar refractivity (Wildman–Crippen MR) is 58.1 cm³/mol. The third-order valence-electron chi connectivity index (χ3n) is 1.45. The van der Waals surface area contributed by atoms with Gasteiger partial charge >= 0.3 is 5.97 Å². The first kappa shape index (κ1) is 13.6. The number of hydrogen-bond acceptors (Lipinski definition) is 4. The van der Waals surface area contributed by atoms with Gasteiger partial charge < -0.3 is 15.6 Å². The first-order chi connectivity index (χ1) is 7.22. The molecule has 0 saturated carbocycles. The van der Waals surface area contributed by atoms with Gasteiger partial charge in [0.2, 0.25) is 0 Å². The van der Waals surface area contributed by atoms with Gasteiger partial charge in [0.15, 0.2) is 0 Å². The van der Waals surface area contributed by atoms with E-state index in [1.54, 1.807) is 6.92 Å². The summed E-state index contributed by atoms with van der Waals surface area (Å²) in [4.78, 5) is 10.5. The Balaban J connectivity index is 0.000000280. The molecule has 0 bridgehead atoms. The molecule has 0 aromatic heterocycles. The molecule has 0 heterocycles. The maximum atomic E-state index is 10.5. The molecule has 0 aliphatic rings. The Bertz CT molecular complexity index is 225. The van der Waals surface area contributed by atoms with E-state index >= 15 is 0 Å². The molecule has 0 radical (unpaired) electrons. The van der Waals surface area contributed by atoms with Crippen LogP contribution < -0.4 is 5.73 Å². The minimum absolute atomic E-state index is 0.298. The van der Waals surface area contributed by atoms with Gasteiger partial charge in [0.05, 0.1) is 13.2 Å². The van der Waals surface area contributed by atoms with E-state index in [0.29, 0.717) is 6.61 Å². The van der Waals surface area contributed by atoms with Gasteiger partial charge in [0.1, 0.15) is 6.04 Å². The van der Waals surface area contributed by atoms with Crippen molar-refractivity contribution < 1.29 is 14.6 Å². The smallest absolute Gasteiger partial charge is 0.325 e. The number of ether oxygens (including phenoxy) is 1. The highest BCUT2D eigenvalue weighted by Crippen LogP contribution is 1.82. The number of aliphatic hydroxyl groups is 1. The lowest BCUT2D eigenvalue weighted by Gasteiger charge is -2.05. The molecule has 0 amide bonds. The van der Waals surface area contributed by atoms with E-state index in [-0.39, 0.29) is 6.61 Å². The van der Waals surface area contributed by atoms with Crippen molar-refractivity contribution in [2.75, 3.05) is 13.2 Å². The van der Waals surface area contributed by atoms with Gasteiger partial charge in [-0.05, 0) is 6.92 Å². The fourth-order valence-corrected chi connectivity index (χ4v) is 0.709. The topological polar surface area (TPSA) is 72.5 Å². The molecular weight excluding hydrogens is 194 g/mol. The third-order valence-corrected chi connectivity index (χ3v) is 1.45. The molecule has 1 aromatic rings. The highest BCUT2D eigenvalue weighted by atomic mass is 16.5. The van der Waals surface area contributed by atoms with Crippen LogP contribution in [-0.4, -0.2) is 30.3 Å². The monoisotopic (exact) mass is 211 g/mol. The average Bonchev–Trinajstić information content (AvgIpc) is 2.31. The molecule has 0 fully saturated rings. The van der Waals surface area contributed by atoms with Crippen molar-refractivity contribution in [1.29, 1.82) is 0 Å². The summed E-state index contributed by atoms with van der Waals surface area (Å²) < 4.78 is 4.47. The fourth-order valence-electron chi connectivity index (χ4n) is 0.709. The number of nitrogens with two attached hydrogens (primary N) is 1. The van der Waals surface area contributed by atoms with Crippen LogP contribution in [0.3, 0.4) is 0 Å². The van der Waals surface area contributed by atoms with Crippen LogP contribution in [0, 0.1) is 0 Å². The third kappa shape index (κ3) is 7.66. The Kier molecular flexibility index (Phi) is 8.33. The van der Waals surface area contributed by atoms with Gasteiger partial charge in [-0.3, -0.25) is 4.79 Å². The van der Waals surface area contributed by atoms with E-state index in [1.807, 2.05) is 36.4 Å². The lowest BCUT2D eigenvalue weighted by Crippen LogP contribution is -2.35. The Labute approximate surface area is 89.7 Å². The molecule has 84 valence electrons. The summed E-state index contributed by atoms with van der Waals surface area (Å²) in [6.07, 6.45) is 0. The van der Waals surface area contributed by atoms with Crippen LogP contribution >= 0.6 is 0 Å². The van der Waals surface area contributed by atoms with Gasteiger partial charge in [-0.1, -0.05) is 36.4 Å². The molecule has 1 rings (SSSR count). The fraction of sp³-hybridized carbons (Fsp3) is 0.364. The first-order valence-corrected chi connectivity index (χ1v) is 4.75. The zero-order valence-corrected chi connectivity index (χ0v) is 8.80. The van der Waals surface area contributed by atoms with Crippen molar-refractivity contribution in [2.45, 2.75) is 13.0 Å². The summed E-state index contributed by atoms with van der Waals surface area (Å²) in [6, 6.07) is 11.1. The van der Waals surface area contributed by atoms with Gasteiger partial charge in [-0.25, -0.2) is 0 Å². The van der Waals surface area contributed by atoms with E-state index in [4.69, 9.17) is 10.8 Å². The molecule has 0 spiro atoms. The largest absolute Gasteiger partial charge is 0.465 e. The number of rotatable bonds is 3. The Morgan fingerprint density at radius 1 is 1.27 bits per heavy atom. The Morgan fingerprint density at radius 2 is 1.67 bits per heavy atom. The van der Waals surface area contributed by atoms with Crippen molar-refractivity contribution >= 4 is 5.97 Å². The van der Waals surface area contributed by atoms with Gasteiger partial charge in [-0.15, -0.1) is 0 Å². The van der Waals surface area contributed by atoms with Crippen molar-refractivity contribution in [1.82, 2.24) is 0 Å². The highest BCUT2D eigenvalue weighted by molar-refractivity contribution is 5.75. The minimum Gasteiger partial charge on any atom is -0.465 e. The highest BCUT2D eigenvalue weighted by Gasteiger charge is 2.11. The van der Waals surface area contributed by atoms with Crippen LogP contribution in [0.15, 0.2) is 36.4 Å². The summed E-state index contributed by atoms with van der Waals surface area (Å²) in [5, 5.41) is 8.31. The molecule has 0 aliphatic carbocycles. The normalized spacial score (nSPS) is 10.9. The summed E-state index contributed by atoms with van der Waals surface area (Å²) in [6.45, 7) is 1.62. The van der Waals surface area contributed by atoms with Crippen LogP contribution in [-0.2, 0) is 9.53 Å². The average molecular weight is 211 g/mol. The molecule has 1 unspecified atom stereocenters. The lowest BCUT2D eigenvalue weighted by atomic mass is 10.3. The molecule has 0 saturated heterocycles. The molecule has 4 nitrogen and oxygen atoms in total.